The highest BCUT2D eigenvalue weighted by Gasteiger charge is 2.34. The van der Waals surface area contributed by atoms with Crippen LogP contribution < -0.4 is 5.32 Å². The highest BCUT2D eigenvalue weighted by molar-refractivity contribution is 7.89. The summed E-state index contributed by atoms with van der Waals surface area (Å²) in [6, 6.07) is 7.65. The number of nitrogens with zero attached hydrogens (tertiary/aromatic N) is 1. The number of rotatable bonds is 5. The fourth-order valence-corrected chi connectivity index (χ4v) is 4.16. The zero-order valence-corrected chi connectivity index (χ0v) is 14.2. The molecular weight excluding hydrogens is 284 g/mol. The zero-order chi connectivity index (χ0) is 15.6. The minimum atomic E-state index is -3.34. The fourth-order valence-electron chi connectivity index (χ4n) is 2.52. The van der Waals surface area contributed by atoms with Crippen LogP contribution in [0.25, 0.3) is 0 Å². The molecule has 1 N–H and O–H groups in total. The minimum absolute atomic E-state index is 0.400. The van der Waals surface area contributed by atoms with Crippen LogP contribution in [-0.4, -0.2) is 31.9 Å². The first-order valence-corrected chi connectivity index (χ1v) is 9.07. The van der Waals surface area contributed by atoms with Crippen molar-refractivity contribution in [3.63, 3.8) is 0 Å². The summed E-state index contributed by atoms with van der Waals surface area (Å²) in [6.07, 6.45) is 0. The lowest BCUT2D eigenvalue weighted by molar-refractivity contribution is 0.463. The SMILES string of the molecule is CC(C)NCc1ccc(S(=O)(=O)N2CC(C)C(C)C2)cc1. The molecule has 0 amide bonds. The van der Waals surface area contributed by atoms with Gasteiger partial charge in [-0.25, -0.2) is 8.42 Å². The van der Waals surface area contributed by atoms with E-state index in [2.05, 4.69) is 33.0 Å². The van der Waals surface area contributed by atoms with Crippen LogP contribution in [0.2, 0.25) is 0 Å². The molecule has 2 unspecified atom stereocenters. The van der Waals surface area contributed by atoms with E-state index >= 15 is 0 Å². The molecule has 1 aromatic carbocycles. The van der Waals surface area contributed by atoms with E-state index in [-0.39, 0.29) is 0 Å². The number of nitrogens with one attached hydrogen (secondary N) is 1. The largest absolute Gasteiger partial charge is 0.310 e. The smallest absolute Gasteiger partial charge is 0.243 e. The lowest BCUT2D eigenvalue weighted by atomic mass is 10.0. The fraction of sp³-hybridized carbons (Fsp3) is 0.625. The van der Waals surface area contributed by atoms with E-state index in [0.717, 1.165) is 12.1 Å². The molecule has 5 heteroatoms. The van der Waals surface area contributed by atoms with Crippen LogP contribution in [0.4, 0.5) is 0 Å². The number of sulfonamides is 1. The highest BCUT2D eigenvalue weighted by Crippen LogP contribution is 2.28. The molecule has 0 bridgehead atoms. The van der Waals surface area contributed by atoms with Crippen LogP contribution in [0.5, 0.6) is 0 Å². The first-order chi connectivity index (χ1) is 9.80. The summed E-state index contributed by atoms with van der Waals surface area (Å²) in [5.41, 5.74) is 1.10. The third-order valence-corrected chi connectivity index (χ3v) is 6.08. The Kier molecular flexibility index (Phi) is 5.07. The highest BCUT2D eigenvalue weighted by atomic mass is 32.2. The van der Waals surface area contributed by atoms with Crippen molar-refractivity contribution < 1.29 is 8.42 Å². The Morgan fingerprint density at radius 2 is 1.67 bits per heavy atom. The lowest BCUT2D eigenvalue weighted by Gasteiger charge is -2.16. The maximum atomic E-state index is 12.6. The molecule has 2 atom stereocenters. The predicted molar refractivity (Wildman–Crippen MR) is 85.5 cm³/mol. The van der Waals surface area contributed by atoms with E-state index < -0.39 is 10.0 Å². The molecule has 21 heavy (non-hydrogen) atoms. The monoisotopic (exact) mass is 310 g/mol. The Hall–Kier alpha value is -0.910. The van der Waals surface area contributed by atoms with Gasteiger partial charge in [-0.05, 0) is 29.5 Å². The second-order valence-corrected chi connectivity index (χ2v) is 8.39. The van der Waals surface area contributed by atoms with Crippen molar-refractivity contribution in [3.05, 3.63) is 29.8 Å². The molecule has 1 aliphatic heterocycles. The van der Waals surface area contributed by atoms with Gasteiger partial charge in [-0.1, -0.05) is 39.8 Å². The van der Waals surface area contributed by atoms with E-state index in [4.69, 9.17) is 0 Å². The van der Waals surface area contributed by atoms with Gasteiger partial charge < -0.3 is 5.32 Å². The Labute approximate surface area is 128 Å². The minimum Gasteiger partial charge on any atom is -0.310 e. The van der Waals surface area contributed by atoms with Crippen molar-refractivity contribution in [2.45, 2.75) is 45.2 Å². The topological polar surface area (TPSA) is 49.4 Å². The van der Waals surface area contributed by atoms with Gasteiger partial charge in [0.25, 0.3) is 0 Å². The Balaban J connectivity index is 2.10. The molecule has 1 saturated heterocycles. The third-order valence-electron chi connectivity index (χ3n) is 4.23. The molecule has 118 valence electrons. The first kappa shape index (κ1) is 16.5. The van der Waals surface area contributed by atoms with Gasteiger partial charge in [0.05, 0.1) is 4.90 Å². The molecule has 4 nitrogen and oxygen atoms in total. The molecule has 0 spiro atoms. The summed E-state index contributed by atoms with van der Waals surface area (Å²) in [6.45, 7) is 10.4. The quantitative estimate of drug-likeness (QED) is 0.909. The maximum Gasteiger partial charge on any atom is 0.243 e. The molecule has 1 fully saturated rings. The van der Waals surface area contributed by atoms with E-state index in [1.165, 1.54) is 0 Å². The molecule has 0 saturated carbocycles. The standard InChI is InChI=1S/C16H26N2O2S/c1-12(2)17-9-15-5-7-16(8-6-15)21(19,20)18-10-13(3)14(4)11-18/h5-8,12-14,17H,9-11H2,1-4H3. The Bertz CT molecular complexity index is 556. The van der Waals surface area contributed by atoms with Gasteiger partial charge in [0.1, 0.15) is 0 Å². The van der Waals surface area contributed by atoms with E-state index in [0.29, 0.717) is 35.9 Å². The lowest BCUT2D eigenvalue weighted by Crippen LogP contribution is -2.29. The van der Waals surface area contributed by atoms with Gasteiger partial charge in [-0.15, -0.1) is 0 Å². The van der Waals surface area contributed by atoms with Crippen molar-refractivity contribution in [2.24, 2.45) is 11.8 Å². The molecular formula is C16H26N2O2S. The van der Waals surface area contributed by atoms with Crippen LogP contribution in [0.1, 0.15) is 33.3 Å². The van der Waals surface area contributed by atoms with Gasteiger partial charge in [-0.2, -0.15) is 4.31 Å². The molecule has 0 aliphatic carbocycles. The number of hydrogen-bond donors (Lipinski definition) is 1. The predicted octanol–water partition coefficient (Wildman–Crippen LogP) is 2.46. The van der Waals surface area contributed by atoms with Gasteiger partial charge >= 0.3 is 0 Å². The van der Waals surface area contributed by atoms with Crippen LogP contribution in [0, 0.1) is 11.8 Å². The Morgan fingerprint density at radius 3 is 2.14 bits per heavy atom. The average Bonchev–Trinajstić information content (AvgIpc) is 2.77. The van der Waals surface area contributed by atoms with Gasteiger partial charge in [-0.3, -0.25) is 0 Å². The van der Waals surface area contributed by atoms with Gasteiger partial charge in [0.2, 0.25) is 10.0 Å². The summed E-state index contributed by atoms with van der Waals surface area (Å²) in [4.78, 5) is 0.400. The number of hydrogen-bond acceptors (Lipinski definition) is 3. The van der Waals surface area contributed by atoms with Gasteiger partial charge in [0, 0.05) is 25.7 Å². The van der Waals surface area contributed by atoms with Crippen molar-refractivity contribution >= 4 is 10.0 Å². The molecule has 2 rings (SSSR count). The van der Waals surface area contributed by atoms with Crippen molar-refractivity contribution in [3.8, 4) is 0 Å². The van der Waals surface area contributed by atoms with Crippen LogP contribution in [0.3, 0.4) is 0 Å². The second kappa shape index (κ2) is 6.46. The van der Waals surface area contributed by atoms with Crippen LogP contribution in [-0.2, 0) is 16.6 Å². The van der Waals surface area contributed by atoms with Crippen molar-refractivity contribution in [1.82, 2.24) is 9.62 Å². The number of benzene rings is 1. The molecule has 1 heterocycles. The summed E-state index contributed by atoms with van der Waals surface area (Å²) < 4.78 is 26.8. The van der Waals surface area contributed by atoms with Crippen molar-refractivity contribution in [1.29, 1.82) is 0 Å². The summed E-state index contributed by atoms with van der Waals surface area (Å²) in [5, 5.41) is 3.33. The van der Waals surface area contributed by atoms with Gasteiger partial charge in [0.15, 0.2) is 0 Å². The molecule has 1 aromatic rings. The third kappa shape index (κ3) is 3.84. The Morgan fingerprint density at radius 1 is 1.14 bits per heavy atom. The van der Waals surface area contributed by atoms with E-state index in [9.17, 15) is 8.42 Å². The molecule has 1 aliphatic rings. The zero-order valence-electron chi connectivity index (χ0n) is 13.3. The maximum absolute atomic E-state index is 12.6. The normalized spacial score (nSPS) is 23.9. The summed E-state index contributed by atoms with van der Waals surface area (Å²) in [7, 11) is -3.34. The van der Waals surface area contributed by atoms with Crippen LogP contribution in [0.15, 0.2) is 29.2 Å². The molecule has 0 radical (unpaired) electrons. The van der Waals surface area contributed by atoms with E-state index in [1.54, 1.807) is 16.4 Å². The summed E-state index contributed by atoms with van der Waals surface area (Å²) in [5.74, 6) is 0.851. The second-order valence-electron chi connectivity index (χ2n) is 6.46. The van der Waals surface area contributed by atoms with Crippen LogP contribution >= 0.6 is 0 Å². The van der Waals surface area contributed by atoms with E-state index in [1.807, 2.05) is 12.1 Å². The average molecular weight is 310 g/mol. The summed E-state index contributed by atoms with van der Waals surface area (Å²) >= 11 is 0. The molecule has 0 aromatic heterocycles. The first-order valence-electron chi connectivity index (χ1n) is 7.63. The van der Waals surface area contributed by atoms with Crippen molar-refractivity contribution in [2.75, 3.05) is 13.1 Å².